The molecule has 1 atom stereocenters. The van der Waals surface area contributed by atoms with Gasteiger partial charge in [0.2, 0.25) is 11.5 Å². The number of carbonyl (C=O) groups excluding carboxylic acids is 2. The fourth-order valence-electron chi connectivity index (χ4n) is 2.90. The summed E-state index contributed by atoms with van der Waals surface area (Å²) in [7, 11) is 0. The molecule has 1 aliphatic heterocycles. The van der Waals surface area contributed by atoms with Crippen molar-refractivity contribution in [1.29, 1.82) is 0 Å². The molecule has 0 radical (unpaired) electrons. The van der Waals surface area contributed by atoms with E-state index in [-0.39, 0.29) is 16.3 Å². The number of benzene rings is 1. The quantitative estimate of drug-likeness (QED) is 0.755. The molecular formula is C18H15ClF3N3O3. The number of aryl methyl sites for hydroxylation is 1. The van der Waals surface area contributed by atoms with Crippen molar-refractivity contribution in [2.45, 2.75) is 31.5 Å². The summed E-state index contributed by atoms with van der Waals surface area (Å²) in [5.74, 6) is -0.674. The molecule has 2 N–H and O–H groups in total. The molecule has 10 heteroatoms. The molecule has 0 spiro atoms. The van der Waals surface area contributed by atoms with E-state index in [0.717, 1.165) is 11.8 Å². The largest absolute Gasteiger partial charge is 0.432 e. The lowest BCUT2D eigenvalue weighted by Crippen LogP contribution is -2.50. The lowest BCUT2D eigenvalue weighted by Gasteiger charge is -2.39. The van der Waals surface area contributed by atoms with Gasteiger partial charge in [-0.25, -0.2) is 4.79 Å². The Morgan fingerprint density at radius 3 is 2.71 bits per heavy atom. The highest BCUT2D eigenvalue weighted by Gasteiger charge is 2.62. The van der Waals surface area contributed by atoms with Gasteiger partial charge in [0, 0.05) is 29.1 Å². The highest BCUT2D eigenvalue weighted by Crippen LogP contribution is 2.50. The minimum absolute atomic E-state index is 0.0438. The third-order valence-electron chi connectivity index (χ3n) is 4.28. The van der Waals surface area contributed by atoms with E-state index in [1.165, 1.54) is 18.3 Å². The Labute approximate surface area is 163 Å². The number of amides is 2. The van der Waals surface area contributed by atoms with Crippen LogP contribution in [0.5, 0.6) is 0 Å². The minimum atomic E-state index is -4.96. The van der Waals surface area contributed by atoms with Gasteiger partial charge in [0.1, 0.15) is 0 Å². The maximum atomic E-state index is 14.0. The number of anilines is 2. The van der Waals surface area contributed by atoms with Crippen molar-refractivity contribution in [1.82, 2.24) is 4.98 Å². The molecule has 0 fully saturated rings. The number of halogens is 4. The van der Waals surface area contributed by atoms with Gasteiger partial charge < -0.3 is 10.1 Å². The number of hydrogen-bond acceptors (Lipinski definition) is 4. The van der Waals surface area contributed by atoms with Gasteiger partial charge >= 0.3 is 12.3 Å². The van der Waals surface area contributed by atoms with Gasteiger partial charge in [-0.2, -0.15) is 13.2 Å². The van der Waals surface area contributed by atoms with Gasteiger partial charge in [-0.3, -0.25) is 15.1 Å². The van der Waals surface area contributed by atoms with Gasteiger partial charge in [0.05, 0.1) is 17.6 Å². The molecule has 3 rings (SSSR count). The summed E-state index contributed by atoms with van der Waals surface area (Å²) in [5, 5.41) is 4.73. The van der Waals surface area contributed by atoms with Crippen molar-refractivity contribution in [3.8, 4) is 0 Å². The van der Waals surface area contributed by atoms with E-state index in [1.54, 1.807) is 19.1 Å². The van der Waals surface area contributed by atoms with Gasteiger partial charge in [0.25, 0.3) is 0 Å². The normalized spacial score (nSPS) is 18.7. The van der Waals surface area contributed by atoms with E-state index >= 15 is 0 Å². The van der Waals surface area contributed by atoms with E-state index in [4.69, 9.17) is 16.3 Å². The standard InChI is InChI=1S/C18H15ClF3N3O3/c1-10-2-4-12(9-23-10)24-15(26)6-7-17(18(20,21)22)13-8-11(19)3-5-14(13)25-16(27)28-17/h2-5,8-9H,6-7H2,1H3,(H,24,26)(H,25,27). The van der Waals surface area contributed by atoms with Crippen molar-refractivity contribution in [3.63, 3.8) is 0 Å². The van der Waals surface area contributed by atoms with Gasteiger partial charge in [-0.05, 0) is 37.3 Å². The number of rotatable bonds is 4. The van der Waals surface area contributed by atoms with Crippen molar-refractivity contribution < 1.29 is 27.5 Å². The molecule has 2 aromatic rings. The first kappa shape index (κ1) is 19.9. The second-order valence-electron chi connectivity index (χ2n) is 6.27. The number of carbonyl (C=O) groups is 2. The SMILES string of the molecule is Cc1ccc(NC(=O)CCC2(C(F)(F)F)OC(=O)Nc3ccc(Cl)cc32)cn1. The number of nitrogens with zero attached hydrogens (tertiary/aromatic N) is 1. The van der Waals surface area contributed by atoms with E-state index in [1.807, 2.05) is 0 Å². The molecule has 2 heterocycles. The van der Waals surface area contributed by atoms with Crippen LogP contribution in [0.1, 0.15) is 24.1 Å². The van der Waals surface area contributed by atoms with Crippen molar-refractivity contribution in [2.24, 2.45) is 0 Å². The Hall–Kier alpha value is -2.81. The summed E-state index contributed by atoms with van der Waals surface area (Å²) in [6, 6.07) is 6.92. The Morgan fingerprint density at radius 1 is 1.32 bits per heavy atom. The third-order valence-corrected chi connectivity index (χ3v) is 4.51. The Morgan fingerprint density at radius 2 is 2.07 bits per heavy atom. The van der Waals surface area contributed by atoms with Crippen LogP contribution in [0.3, 0.4) is 0 Å². The molecule has 0 saturated heterocycles. The fraction of sp³-hybridized carbons (Fsp3) is 0.278. The monoisotopic (exact) mass is 413 g/mol. The smallest absolute Gasteiger partial charge is 0.428 e. The fourth-order valence-corrected chi connectivity index (χ4v) is 3.07. The zero-order valence-corrected chi connectivity index (χ0v) is 15.3. The Kier molecular flexibility index (Phi) is 5.20. The van der Waals surface area contributed by atoms with Gasteiger partial charge in [0.15, 0.2) is 0 Å². The summed E-state index contributed by atoms with van der Waals surface area (Å²) >= 11 is 5.85. The summed E-state index contributed by atoms with van der Waals surface area (Å²) in [5.41, 5.74) is -2.33. The second-order valence-corrected chi connectivity index (χ2v) is 6.70. The lowest BCUT2D eigenvalue weighted by molar-refractivity contribution is -0.267. The number of ether oxygens (including phenoxy) is 1. The van der Waals surface area contributed by atoms with Crippen LogP contribution in [0.4, 0.5) is 29.3 Å². The summed E-state index contributed by atoms with van der Waals surface area (Å²) < 4.78 is 46.7. The van der Waals surface area contributed by atoms with E-state index in [2.05, 4.69) is 15.6 Å². The molecule has 1 unspecified atom stereocenters. The Balaban J connectivity index is 1.87. The van der Waals surface area contributed by atoms with Gasteiger partial charge in [-0.15, -0.1) is 0 Å². The third kappa shape index (κ3) is 3.89. The number of fused-ring (bicyclic) bond motifs is 1. The first-order chi connectivity index (χ1) is 13.1. The topological polar surface area (TPSA) is 80.3 Å². The van der Waals surface area contributed by atoms with E-state index < -0.39 is 36.6 Å². The molecule has 6 nitrogen and oxygen atoms in total. The van der Waals surface area contributed by atoms with Crippen LogP contribution >= 0.6 is 11.6 Å². The van der Waals surface area contributed by atoms with Crippen molar-refractivity contribution in [3.05, 3.63) is 52.8 Å². The summed E-state index contributed by atoms with van der Waals surface area (Å²) in [6.45, 7) is 1.76. The molecule has 1 aromatic carbocycles. The van der Waals surface area contributed by atoms with E-state index in [9.17, 15) is 22.8 Å². The van der Waals surface area contributed by atoms with Crippen LogP contribution in [0.25, 0.3) is 0 Å². The van der Waals surface area contributed by atoms with Crippen LogP contribution in [0.2, 0.25) is 5.02 Å². The predicted octanol–water partition coefficient (Wildman–Crippen LogP) is 4.78. The number of alkyl halides is 3. The van der Waals surface area contributed by atoms with Crippen molar-refractivity contribution >= 4 is 35.0 Å². The molecule has 2 amide bonds. The molecule has 148 valence electrons. The maximum absolute atomic E-state index is 14.0. The average Bonchev–Trinajstić information content (AvgIpc) is 2.61. The van der Waals surface area contributed by atoms with Crippen molar-refractivity contribution in [2.75, 3.05) is 10.6 Å². The maximum Gasteiger partial charge on any atom is 0.432 e. The minimum Gasteiger partial charge on any atom is -0.428 e. The van der Waals surface area contributed by atoms with Crippen LogP contribution in [0.15, 0.2) is 36.5 Å². The molecule has 0 bridgehead atoms. The predicted molar refractivity (Wildman–Crippen MR) is 96.1 cm³/mol. The highest BCUT2D eigenvalue weighted by atomic mass is 35.5. The number of nitrogens with one attached hydrogen (secondary N) is 2. The number of aromatic nitrogens is 1. The lowest BCUT2D eigenvalue weighted by atomic mass is 9.85. The second kappa shape index (κ2) is 7.31. The highest BCUT2D eigenvalue weighted by molar-refractivity contribution is 6.30. The summed E-state index contributed by atoms with van der Waals surface area (Å²) in [6.07, 6.45) is -6.17. The zero-order valence-electron chi connectivity index (χ0n) is 14.6. The molecule has 28 heavy (non-hydrogen) atoms. The molecule has 0 aliphatic carbocycles. The van der Waals surface area contributed by atoms with Crippen LogP contribution in [0, 0.1) is 6.92 Å². The molecule has 0 saturated carbocycles. The van der Waals surface area contributed by atoms with Crippen LogP contribution < -0.4 is 10.6 Å². The average molecular weight is 414 g/mol. The number of hydrogen-bond donors (Lipinski definition) is 2. The van der Waals surface area contributed by atoms with E-state index in [0.29, 0.717) is 5.69 Å². The number of pyridine rings is 1. The molecular weight excluding hydrogens is 399 g/mol. The Bertz CT molecular complexity index is 919. The van der Waals surface area contributed by atoms with Crippen LogP contribution in [-0.4, -0.2) is 23.2 Å². The summed E-state index contributed by atoms with van der Waals surface area (Å²) in [4.78, 5) is 27.9. The number of cyclic esters (lactones) is 1. The molecule has 1 aromatic heterocycles. The first-order valence-electron chi connectivity index (χ1n) is 8.20. The first-order valence-corrected chi connectivity index (χ1v) is 8.58. The van der Waals surface area contributed by atoms with Crippen LogP contribution in [-0.2, 0) is 15.1 Å². The zero-order chi connectivity index (χ0) is 20.5. The van der Waals surface area contributed by atoms with Gasteiger partial charge in [-0.1, -0.05) is 11.6 Å². The molecule has 1 aliphatic rings.